The van der Waals surface area contributed by atoms with Crippen LogP contribution < -0.4 is 0 Å². The third kappa shape index (κ3) is 4.25. The first-order valence-corrected chi connectivity index (χ1v) is 8.43. The second-order valence-electron chi connectivity index (χ2n) is 6.14. The summed E-state index contributed by atoms with van der Waals surface area (Å²) in [4.78, 5) is 31.3. The van der Waals surface area contributed by atoms with Crippen molar-refractivity contribution in [1.29, 1.82) is 0 Å². The first-order valence-electron chi connectivity index (χ1n) is 8.43. The molecule has 0 bridgehead atoms. The van der Waals surface area contributed by atoms with E-state index in [9.17, 15) is 9.59 Å². The van der Waals surface area contributed by atoms with Crippen LogP contribution in [0.25, 0.3) is 0 Å². The van der Waals surface area contributed by atoms with E-state index >= 15 is 0 Å². The number of carbonyl (C=O) groups excluding carboxylic acids is 2. The number of aryl methyl sites for hydroxylation is 1. The summed E-state index contributed by atoms with van der Waals surface area (Å²) in [7, 11) is 0. The van der Waals surface area contributed by atoms with E-state index in [0.717, 1.165) is 12.0 Å². The van der Waals surface area contributed by atoms with Gasteiger partial charge >= 0.3 is 0 Å². The molecule has 0 unspecified atom stereocenters. The fourth-order valence-electron chi connectivity index (χ4n) is 3.01. The summed E-state index contributed by atoms with van der Waals surface area (Å²) < 4.78 is 0. The van der Waals surface area contributed by atoms with Gasteiger partial charge in [0.05, 0.1) is 6.42 Å². The summed E-state index contributed by atoms with van der Waals surface area (Å²) in [6.45, 7) is 2.51. The van der Waals surface area contributed by atoms with Gasteiger partial charge in [0.1, 0.15) is 0 Å². The van der Waals surface area contributed by atoms with Crippen LogP contribution in [0, 0.1) is 0 Å². The van der Waals surface area contributed by atoms with E-state index in [1.807, 2.05) is 58.6 Å². The molecular formula is C19H23N3O2. The predicted octanol–water partition coefficient (Wildman–Crippen LogP) is 1.86. The Bertz CT molecular complexity index is 659. The minimum absolute atomic E-state index is 0.131. The Morgan fingerprint density at radius 2 is 1.54 bits per heavy atom. The number of hydrogen-bond acceptors (Lipinski definition) is 2. The average Bonchev–Trinajstić information content (AvgIpc) is 3.13. The number of H-pyrrole nitrogens is 1. The highest BCUT2D eigenvalue weighted by Crippen LogP contribution is 2.09. The van der Waals surface area contributed by atoms with Crippen LogP contribution in [0.3, 0.4) is 0 Å². The second-order valence-corrected chi connectivity index (χ2v) is 6.14. The summed E-state index contributed by atoms with van der Waals surface area (Å²) in [5, 5.41) is 0. The molecule has 2 heterocycles. The van der Waals surface area contributed by atoms with Gasteiger partial charge in [0.15, 0.2) is 0 Å². The summed E-state index contributed by atoms with van der Waals surface area (Å²) in [5.74, 6) is 0.308. The van der Waals surface area contributed by atoms with Crippen molar-refractivity contribution in [3.8, 4) is 0 Å². The van der Waals surface area contributed by atoms with E-state index in [2.05, 4.69) is 4.98 Å². The van der Waals surface area contributed by atoms with Crippen LogP contribution in [0.5, 0.6) is 0 Å². The maximum Gasteiger partial charge on any atom is 0.227 e. The zero-order chi connectivity index (χ0) is 16.8. The van der Waals surface area contributed by atoms with Crippen LogP contribution in [0.15, 0.2) is 48.8 Å². The summed E-state index contributed by atoms with van der Waals surface area (Å²) >= 11 is 0. The lowest BCUT2D eigenvalue weighted by Gasteiger charge is -2.35. The lowest BCUT2D eigenvalue weighted by molar-refractivity contribution is -0.139. The molecule has 0 spiro atoms. The second kappa shape index (κ2) is 7.81. The van der Waals surface area contributed by atoms with Gasteiger partial charge in [-0.15, -0.1) is 0 Å². The number of amides is 2. The summed E-state index contributed by atoms with van der Waals surface area (Å²) in [6, 6.07) is 12.0. The van der Waals surface area contributed by atoms with Gasteiger partial charge in [-0.3, -0.25) is 9.59 Å². The average molecular weight is 325 g/mol. The van der Waals surface area contributed by atoms with Crippen LogP contribution in [0.2, 0.25) is 0 Å². The molecule has 1 aromatic heterocycles. The molecule has 1 aliphatic rings. The fourth-order valence-corrected chi connectivity index (χ4v) is 3.01. The SMILES string of the molecule is O=C(CCc1ccccc1)N1CCN(C(=O)Cc2cc[nH]c2)CC1. The number of aromatic nitrogens is 1. The standard InChI is InChI=1S/C19H23N3O2/c23-18(7-6-16-4-2-1-3-5-16)21-10-12-22(13-11-21)19(24)14-17-8-9-20-15-17/h1-5,8-9,15,20H,6-7,10-14H2. The highest BCUT2D eigenvalue weighted by atomic mass is 16.2. The molecule has 5 heteroatoms. The molecule has 1 aromatic carbocycles. The zero-order valence-corrected chi connectivity index (χ0v) is 13.8. The van der Waals surface area contributed by atoms with Crippen molar-refractivity contribution >= 4 is 11.8 Å². The highest BCUT2D eigenvalue weighted by Gasteiger charge is 2.23. The largest absolute Gasteiger partial charge is 0.367 e. The first kappa shape index (κ1) is 16.3. The molecule has 24 heavy (non-hydrogen) atoms. The molecular weight excluding hydrogens is 302 g/mol. The van der Waals surface area contributed by atoms with Gasteiger partial charge in [-0.1, -0.05) is 30.3 Å². The zero-order valence-electron chi connectivity index (χ0n) is 13.8. The molecule has 5 nitrogen and oxygen atoms in total. The molecule has 3 rings (SSSR count). The summed E-state index contributed by atoms with van der Waals surface area (Å²) in [5.41, 5.74) is 2.19. The van der Waals surface area contributed by atoms with Crippen molar-refractivity contribution in [2.75, 3.05) is 26.2 Å². The van der Waals surface area contributed by atoms with E-state index in [-0.39, 0.29) is 11.8 Å². The van der Waals surface area contributed by atoms with Gasteiger partial charge in [-0.2, -0.15) is 0 Å². The van der Waals surface area contributed by atoms with Crippen molar-refractivity contribution in [1.82, 2.24) is 14.8 Å². The van der Waals surface area contributed by atoms with E-state index in [1.165, 1.54) is 5.56 Å². The minimum Gasteiger partial charge on any atom is -0.367 e. The number of aromatic amines is 1. The van der Waals surface area contributed by atoms with Crippen molar-refractivity contribution < 1.29 is 9.59 Å². The Balaban J connectivity index is 1.42. The molecule has 1 N–H and O–H groups in total. The molecule has 0 saturated carbocycles. The number of nitrogens with one attached hydrogen (secondary N) is 1. The molecule has 0 radical (unpaired) electrons. The van der Waals surface area contributed by atoms with Gasteiger partial charge in [0.2, 0.25) is 11.8 Å². The van der Waals surface area contributed by atoms with Crippen LogP contribution >= 0.6 is 0 Å². The Morgan fingerprint density at radius 1 is 0.875 bits per heavy atom. The maximum absolute atomic E-state index is 12.3. The molecule has 126 valence electrons. The highest BCUT2D eigenvalue weighted by molar-refractivity contribution is 5.80. The van der Waals surface area contributed by atoms with Crippen LogP contribution in [0.4, 0.5) is 0 Å². The molecule has 2 amide bonds. The fraction of sp³-hybridized carbons (Fsp3) is 0.368. The van der Waals surface area contributed by atoms with Crippen molar-refractivity contribution in [2.24, 2.45) is 0 Å². The lowest BCUT2D eigenvalue weighted by atomic mass is 10.1. The molecule has 1 saturated heterocycles. The van der Waals surface area contributed by atoms with Crippen LogP contribution in [-0.4, -0.2) is 52.8 Å². The van der Waals surface area contributed by atoms with E-state index < -0.39 is 0 Å². The Kier molecular flexibility index (Phi) is 5.31. The quantitative estimate of drug-likeness (QED) is 0.912. The third-order valence-corrected chi connectivity index (χ3v) is 4.47. The molecule has 0 aliphatic carbocycles. The van der Waals surface area contributed by atoms with Gasteiger partial charge in [0.25, 0.3) is 0 Å². The maximum atomic E-state index is 12.3. The molecule has 2 aromatic rings. The minimum atomic E-state index is 0.131. The smallest absolute Gasteiger partial charge is 0.227 e. The number of nitrogens with zero attached hydrogens (tertiary/aromatic N) is 2. The first-order chi connectivity index (χ1) is 11.7. The van der Waals surface area contributed by atoms with E-state index in [1.54, 1.807) is 0 Å². The normalized spacial score (nSPS) is 14.7. The van der Waals surface area contributed by atoms with E-state index in [4.69, 9.17) is 0 Å². The summed E-state index contributed by atoms with van der Waals surface area (Å²) in [6.07, 6.45) is 5.40. The number of piperazine rings is 1. The van der Waals surface area contributed by atoms with Crippen LogP contribution in [-0.2, 0) is 22.4 Å². The Hall–Kier alpha value is -2.56. The molecule has 0 atom stereocenters. The number of carbonyl (C=O) groups is 2. The van der Waals surface area contributed by atoms with Crippen molar-refractivity contribution in [2.45, 2.75) is 19.3 Å². The van der Waals surface area contributed by atoms with Crippen molar-refractivity contribution in [3.63, 3.8) is 0 Å². The number of hydrogen-bond donors (Lipinski definition) is 1. The molecule has 1 aliphatic heterocycles. The van der Waals surface area contributed by atoms with Gasteiger partial charge in [0, 0.05) is 45.0 Å². The molecule has 1 fully saturated rings. The topological polar surface area (TPSA) is 56.4 Å². The van der Waals surface area contributed by atoms with E-state index in [0.29, 0.717) is 39.0 Å². The Labute approximate surface area is 142 Å². The monoisotopic (exact) mass is 325 g/mol. The third-order valence-electron chi connectivity index (χ3n) is 4.47. The number of rotatable bonds is 5. The lowest BCUT2D eigenvalue weighted by Crippen LogP contribution is -2.51. The van der Waals surface area contributed by atoms with Gasteiger partial charge in [-0.25, -0.2) is 0 Å². The van der Waals surface area contributed by atoms with Gasteiger partial charge in [-0.05, 0) is 23.6 Å². The Morgan fingerprint density at radius 3 is 2.17 bits per heavy atom. The van der Waals surface area contributed by atoms with Crippen LogP contribution in [0.1, 0.15) is 17.5 Å². The predicted molar refractivity (Wildman–Crippen MR) is 92.4 cm³/mol. The number of benzene rings is 1. The van der Waals surface area contributed by atoms with Gasteiger partial charge < -0.3 is 14.8 Å². The van der Waals surface area contributed by atoms with Crippen molar-refractivity contribution in [3.05, 3.63) is 59.9 Å².